The van der Waals surface area contributed by atoms with Gasteiger partial charge in [0.1, 0.15) is 5.37 Å². The normalized spacial score (nSPS) is 15.1. The number of carbonyl (C=O) groups excluding carboxylic acids is 2. The minimum Gasteiger partial charge on any atom is -0.322 e. The summed E-state index contributed by atoms with van der Waals surface area (Å²) in [5.41, 5.74) is 3.92. The van der Waals surface area contributed by atoms with E-state index in [1.807, 2.05) is 29.2 Å². The predicted molar refractivity (Wildman–Crippen MR) is 165 cm³/mol. The van der Waals surface area contributed by atoms with Gasteiger partial charge in [0.25, 0.3) is 15.9 Å². The number of amides is 2. The number of aryl methyl sites for hydroxylation is 1. The van der Waals surface area contributed by atoms with Crippen LogP contribution in [0.1, 0.15) is 32.4 Å². The Morgan fingerprint density at radius 2 is 1.59 bits per heavy atom. The van der Waals surface area contributed by atoms with Crippen LogP contribution in [0.4, 0.5) is 11.4 Å². The highest BCUT2D eigenvalue weighted by Gasteiger charge is 2.32. The van der Waals surface area contributed by atoms with Crippen LogP contribution >= 0.6 is 35.0 Å². The molecule has 5 rings (SSSR count). The molecule has 0 unspecified atom stereocenters. The van der Waals surface area contributed by atoms with Crippen molar-refractivity contribution >= 4 is 68.2 Å². The van der Waals surface area contributed by atoms with Crippen LogP contribution in [0, 0.1) is 6.92 Å². The quantitative estimate of drug-likeness (QED) is 0.217. The van der Waals surface area contributed by atoms with Crippen molar-refractivity contribution in [2.45, 2.75) is 23.7 Å². The molecule has 41 heavy (non-hydrogen) atoms. The largest absolute Gasteiger partial charge is 0.322 e. The summed E-state index contributed by atoms with van der Waals surface area (Å²) in [7, 11) is -3.85. The molecule has 0 spiro atoms. The number of sulfonamides is 1. The second kappa shape index (κ2) is 12.2. The second-order valence-electron chi connectivity index (χ2n) is 9.48. The number of carbonyl (C=O) groups is 2. The summed E-state index contributed by atoms with van der Waals surface area (Å²) >= 11 is 13.5. The highest BCUT2D eigenvalue weighted by molar-refractivity contribution is 8.00. The van der Waals surface area contributed by atoms with Crippen molar-refractivity contribution in [3.8, 4) is 0 Å². The minimum absolute atomic E-state index is 0.0472. The number of halogens is 2. The van der Waals surface area contributed by atoms with Crippen molar-refractivity contribution in [1.82, 2.24) is 4.90 Å². The molecule has 1 aliphatic heterocycles. The summed E-state index contributed by atoms with van der Waals surface area (Å²) in [6.45, 7) is 2.25. The van der Waals surface area contributed by atoms with E-state index in [4.69, 9.17) is 23.2 Å². The van der Waals surface area contributed by atoms with E-state index in [1.165, 1.54) is 24.3 Å². The van der Waals surface area contributed by atoms with Gasteiger partial charge in [0.15, 0.2) is 0 Å². The van der Waals surface area contributed by atoms with E-state index in [0.29, 0.717) is 39.3 Å². The number of thioether (sulfide) groups is 1. The first kappa shape index (κ1) is 29.0. The first-order chi connectivity index (χ1) is 19.6. The molecule has 4 aromatic rings. The van der Waals surface area contributed by atoms with Crippen molar-refractivity contribution in [3.05, 3.63) is 123 Å². The average Bonchev–Trinajstić information content (AvgIpc) is 3.31. The van der Waals surface area contributed by atoms with Crippen LogP contribution in [0.5, 0.6) is 0 Å². The summed E-state index contributed by atoms with van der Waals surface area (Å²) in [6.07, 6.45) is 0. The number of nitrogens with one attached hydrogen (secondary N) is 2. The molecular formula is C30H25Cl2N3O4S2. The maximum atomic E-state index is 12.9. The second-order valence-corrected chi connectivity index (χ2v) is 13.1. The van der Waals surface area contributed by atoms with E-state index < -0.39 is 10.0 Å². The topological polar surface area (TPSA) is 95.6 Å². The Morgan fingerprint density at radius 3 is 2.27 bits per heavy atom. The summed E-state index contributed by atoms with van der Waals surface area (Å²) in [5, 5.41) is 3.70. The molecule has 11 heteroatoms. The zero-order valence-corrected chi connectivity index (χ0v) is 24.9. The van der Waals surface area contributed by atoms with Crippen LogP contribution in [-0.2, 0) is 21.4 Å². The predicted octanol–water partition coefficient (Wildman–Crippen LogP) is 7.13. The molecule has 1 aliphatic rings. The van der Waals surface area contributed by atoms with E-state index >= 15 is 0 Å². The van der Waals surface area contributed by atoms with Gasteiger partial charge in [0, 0.05) is 27.8 Å². The molecule has 0 radical (unpaired) electrons. The minimum atomic E-state index is -3.85. The Kier molecular flexibility index (Phi) is 8.60. The molecule has 1 heterocycles. The Hall–Kier alpha value is -3.50. The lowest BCUT2D eigenvalue weighted by molar-refractivity contribution is -0.128. The van der Waals surface area contributed by atoms with Gasteiger partial charge >= 0.3 is 0 Å². The average molecular weight is 627 g/mol. The number of benzene rings is 4. The molecule has 0 aliphatic carbocycles. The van der Waals surface area contributed by atoms with Gasteiger partial charge in [-0.05, 0) is 84.3 Å². The first-order valence-electron chi connectivity index (χ1n) is 12.5. The lowest BCUT2D eigenvalue weighted by Gasteiger charge is -2.24. The first-order valence-corrected chi connectivity index (χ1v) is 15.8. The SMILES string of the molecule is Cc1ccc(Cl)cc1NS(=O)(=O)c1ccc(NC(=O)c2ccc([C@H]3SCC(=O)N3Cc3ccc(Cl)cc3)cc2)cc1. The molecule has 0 bridgehead atoms. The molecular weight excluding hydrogens is 601 g/mol. The van der Waals surface area contributed by atoms with Gasteiger partial charge in [0.05, 0.1) is 16.3 Å². The van der Waals surface area contributed by atoms with E-state index in [9.17, 15) is 18.0 Å². The molecule has 2 N–H and O–H groups in total. The van der Waals surface area contributed by atoms with Crippen LogP contribution < -0.4 is 10.0 Å². The molecule has 1 saturated heterocycles. The molecule has 4 aromatic carbocycles. The van der Waals surface area contributed by atoms with Gasteiger partial charge in [-0.3, -0.25) is 14.3 Å². The zero-order chi connectivity index (χ0) is 29.1. The number of anilines is 2. The fraction of sp³-hybridized carbons (Fsp3) is 0.133. The molecule has 210 valence electrons. The standard InChI is InChI=1S/C30H25Cl2N3O4S2/c1-19-2-9-24(32)16-27(19)34-41(38,39)26-14-12-25(13-15-26)33-29(37)21-5-7-22(8-6-21)30-35(28(36)18-40-30)17-20-3-10-23(31)11-4-20/h2-16,30,34H,17-18H2,1H3,(H,33,37)/t30-/m1/s1. The lowest BCUT2D eigenvalue weighted by Crippen LogP contribution is -2.27. The zero-order valence-electron chi connectivity index (χ0n) is 21.8. The maximum absolute atomic E-state index is 12.9. The van der Waals surface area contributed by atoms with Crippen molar-refractivity contribution < 1.29 is 18.0 Å². The third kappa shape index (κ3) is 6.87. The van der Waals surface area contributed by atoms with Crippen molar-refractivity contribution in [2.75, 3.05) is 15.8 Å². The van der Waals surface area contributed by atoms with E-state index in [1.54, 1.807) is 61.2 Å². The summed E-state index contributed by atoms with van der Waals surface area (Å²) in [5.74, 6) is 0.105. The van der Waals surface area contributed by atoms with Crippen molar-refractivity contribution in [1.29, 1.82) is 0 Å². The summed E-state index contributed by atoms with van der Waals surface area (Å²) < 4.78 is 28.2. The van der Waals surface area contributed by atoms with Gasteiger partial charge in [-0.15, -0.1) is 11.8 Å². The van der Waals surface area contributed by atoms with Gasteiger partial charge in [-0.1, -0.05) is 53.5 Å². The number of rotatable bonds is 8. The van der Waals surface area contributed by atoms with Gasteiger partial charge in [-0.25, -0.2) is 8.42 Å². The third-order valence-electron chi connectivity index (χ3n) is 6.56. The van der Waals surface area contributed by atoms with Crippen LogP contribution in [-0.4, -0.2) is 30.9 Å². The molecule has 7 nitrogen and oxygen atoms in total. The Morgan fingerprint density at radius 1 is 0.927 bits per heavy atom. The lowest BCUT2D eigenvalue weighted by atomic mass is 10.1. The van der Waals surface area contributed by atoms with Gasteiger partial charge in [0.2, 0.25) is 5.91 Å². The van der Waals surface area contributed by atoms with Crippen molar-refractivity contribution in [2.24, 2.45) is 0 Å². The molecule has 1 fully saturated rings. The Balaban J connectivity index is 1.23. The van der Waals surface area contributed by atoms with Crippen LogP contribution in [0.25, 0.3) is 0 Å². The van der Waals surface area contributed by atoms with Crippen LogP contribution in [0.3, 0.4) is 0 Å². The fourth-order valence-electron chi connectivity index (χ4n) is 4.32. The molecule has 2 amide bonds. The summed E-state index contributed by atoms with van der Waals surface area (Å²) in [4.78, 5) is 27.3. The van der Waals surface area contributed by atoms with Crippen molar-refractivity contribution in [3.63, 3.8) is 0 Å². The Labute approximate surface area is 252 Å². The van der Waals surface area contributed by atoms with Gasteiger partial charge in [-0.2, -0.15) is 0 Å². The summed E-state index contributed by atoms with van der Waals surface area (Å²) in [6, 6.07) is 25.4. The molecule has 0 aromatic heterocycles. The number of hydrogen-bond acceptors (Lipinski definition) is 5. The maximum Gasteiger partial charge on any atom is 0.261 e. The number of nitrogens with zero attached hydrogens (tertiary/aromatic N) is 1. The third-order valence-corrected chi connectivity index (χ3v) is 9.68. The van der Waals surface area contributed by atoms with E-state index in [0.717, 1.165) is 16.7 Å². The Bertz CT molecular complexity index is 1700. The molecule has 0 saturated carbocycles. The molecule has 1 atom stereocenters. The smallest absolute Gasteiger partial charge is 0.261 e. The van der Waals surface area contributed by atoms with E-state index in [2.05, 4.69) is 10.0 Å². The highest BCUT2D eigenvalue weighted by Crippen LogP contribution is 2.39. The van der Waals surface area contributed by atoms with E-state index in [-0.39, 0.29) is 22.1 Å². The van der Waals surface area contributed by atoms with Crippen LogP contribution in [0.15, 0.2) is 95.9 Å². The fourth-order valence-corrected chi connectivity index (χ4v) is 6.92. The van der Waals surface area contributed by atoms with Crippen LogP contribution in [0.2, 0.25) is 10.0 Å². The monoisotopic (exact) mass is 625 g/mol. The highest BCUT2D eigenvalue weighted by atomic mass is 35.5. The number of hydrogen-bond donors (Lipinski definition) is 2. The van der Waals surface area contributed by atoms with Gasteiger partial charge < -0.3 is 10.2 Å².